The highest BCUT2D eigenvalue weighted by atomic mass is 32.2. The first kappa shape index (κ1) is 23.4. The Morgan fingerprint density at radius 2 is 1.32 bits per heavy atom. The van der Waals surface area contributed by atoms with Gasteiger partial charge in [0, 0.05) is 38.9 Å². The van der Waals surface area contributed by atoms with E-state index in [2.05, 4.69) is 0 Å². The van der Waals surface area contributed by atoms with E-state index in [9.17, 15) is 13.2 Å². The summed E-state index contributed by atoms with van der Waals surface area (Å²) in [5.74, 6) is -0.000944. The lowest BCUT2D eigenvalue weighted by Gasteiger charge is -2.35. The summed E-state index contributed by atoms with van der Waals surface area (Å²) >= 11 is 0. The van der Waals surface area contributed by atoms with Crippen molar-refractivity contribution in [2.75, 3.05) is 44.7 Å². The molecule has 0 aliphatic carbocycles. The van der Waals surface area contributed by atoms with Crippen molar-refractivity contribution in [3.05, 3.63) is 58.1 Å². The van der Waals surface area contributed by atoms with E-state index in [1.807, 2.05) is 69.9 Å². The Morgan fingerprint density at radius 1 is 0.839 bits per heavy atom. The molecule has 7 heteroatoms. The van der Waals surface area contributed by atoms with Crippen molar-refractivity contribution in [1.82, 2.24) is 9.21 Å². The van der Waals surface area contributed by atoms with Gasteiger partial charge < -0.3 is 4.90 Å². The second-order valence-corrected chi connectivity index (χ2v) is 10.3. The molecule has 0 spiro atoms. The van der Waals surface area contributed by atoms with Gasteiger partial charge in [-0.25, -0.2) is 8.42 Å². The molecule has 2 aromatic rings. The fourth-order valence-corrected chi connectivity index (χ4v) is 6.18. The van der Waals surface area contributed by atoms with E-state index in [1.54, 1.807) is 16.3 Å². The summed E-state index contributed by atoms with van der Waals surface area (Å²) in [6.45, 7) is 11.9. The SMILES string of the molecule is Cc1c(C)c(C)c(S(=O)(=O)N2CCN(CC(=O)N(C)c3ccccc3)CC2)c(C)c1C. The van der Waals surface area contributed by atoms with Crippen LogP contribution >= 0.6 is 0 Å². The molecule has 0 bridgehead atoms. The van der Waals surface area contributed by atoms with E-state index >= 15 is 0 Å². The molecule has 1 aliphatic rings. The van der Waals surface area contributed by atoms with Gasteiger partial charge in [-0.15, -0.1) is 0 Å². The smallest absolute Gasteiger partial charge is 0.243 e. The number of piperazine rings is 1. The van der Waals surface area contributed by atoms with Gasteiger partial charge in [0.1, 0.15) is 0 Å². The summed E-state index contributed by atoms with van der Waals surface area (Å²) in [4.78, 5) is 16.8. The Hall–Kier alpha value is -2.22. The van der Waals surface area contributed by atoms with Gasteiger partial charge in [0.25, 0.3) is 0 Å². The number of hydrogen-bond donors (Lipinski definition) is 0. The lowest BCUT2D eigenvalue weighted by Crippen LogP contribution is -2.51. The number of carbonyl (C=O) groups excluding carboxylic acids is 1. The maximum Gasteiger partial charge on any atom is 0.243 e. The third-order valence-electron chi connectivity index (χ3n) is 6.74. The molecular formula is C24H33N3O3S. The van der Waals surface area contributed by atoms with Gasteiger partial charge in [-0.3, -0.25) is 9.69 Å². The molecule has 6 nitrogen and oxygen atoms in total. The molecule has 2 aromatic carbocycles. The number of carbonyl (C=O) groups is 1. The average Bonchev–Trinajstić information content (AvgIpc) is 2.76. The summed E-state index contributed by atoms with van der Waals surface area (Å²) in [5, 5.41) is 0. The van der Waals surface area contributed by atoms with Crippen LogP contribution in [0.15, 0.2) is 35.2 Å². The van der Waals surface area contributed by atoms with E-state index < -0.39 is 10.0 Å². The molecule has 0 aromatic heterocycles. The van der Waals surface area contributed by atoms with Crippen LogP contribution in [-0.2, 0) is 14.8 Å². The van der Waals surface area contributed by atoms with E-state index in [4.69, 9.17) is 0 Å². The first-order valence-corrected chi connectivity index (χ1v) is 12.1. The summed E-state index contributed by atoms with van der Waals surface area (Å²) in [6.07, 6.45) is 0. The first-order valence-electron chi connectivity index (χ1n) is 10.7. The second kappa shape index (κ2) is 9.10. The molecule has 1 saturated heterocycles. The Morgan fingerprint density at radius 3 is 1.84 bits per heavy atom. The van der Waals surface area contributed by atoms with Gasteiger partial charge in [0.05, 0.1) is 11.4 Å². The molecule has 0 unspecified atom stereocenters. The molecule has 1 heterocycles. The number of rotatable bonds is 5. The van der Waals surface area contributed by atoms with E-state index in [0.717, 1.165) is 33.5 Å². The number of anilines is 1. The molecule has 1 amide bonds. The third-order valence-corrected chi connectivity index (χ3v) is 8.91. The van der Waals surface area contributed by atoms with Crippen molar-refractivity contribution in [3.8, 4) is 0 Å². The molecular weight excluding hydrogens is 410 g/mol. The lowest BCUT2D eigenvalue weighted by atomic mass is 9.95. The summed E-state index contributed by atoms with van der Waals surface area (Å²) in [6, 6.07) is 9.53. The fourth-order valence-electron chi connectivity index (χ4n) is 4.20. The van der Waals surface area contributed by atoms with Crippen LogP contribution in [0.3, 0.4) is 0 Å². The Labute approximate surface area is 186 Å². The molecule has 1 aliphatic heterocycles. The monoisotopic (exact) mass is 443 g/mol. The van der Waals surface area contributed by atoms with Crippen LogP contribution in [0.2, 0.25) is 0 Å². The zero-order valence-corrected chi connectivity index (χ0v) is 20.2. The average molecular weight is 444 g/mol. The van der Waals surface area contributed by atoms with Crippen LogP contribution in [0.4, 0.5) is 5.69 Å². The molecule has 31 heavy (non-hydrogen) atoms. The molecule has 1 fully saturated rings. The van der Waals surface area contributed by atoms with E-state index in [1.165, 1.54) is 0 Å². The number of sulfonamides is 1. The largest absolute Gasteiger partial charge is 0.314 e. The topological polar surface area (TPSA) is 60.9 Å². The summed E-state index contributed by atoms with van der Waals surface area (Å²) in [5.41, 5.74) is 5.75. The van der Waals surface area contributed by atoms with Crippen LogP contribution in [0.1, 0.15) is 27.8 Å². The highest BCUT2D eigenvalue weighted by Crippen LogP contribution is 2.32. The maximum atomic E-state index is 13.5. The van der Waals surface area contributed by atoms with Crippen molar-refractivity contribution < 1.29 is 13.2 Å². The fraction of sp³-hybridized carbons (Fsp3) is 0.458. The zero-order chi connectivity index (χ0) is 22.9. The Balaban J connectivity index is 1.70. The number of nitrogens with zero attached hydrogens (tertiary/aromatic N) is 3. The number of benzene rings is 2. The Bertz CT molecular complexity index is 1040. The standard InChI is InChI=1S/C24H33N3O3S/c1-17-18(2)20(4)24(21(5)19(17)3)31(29,30)27-14-12-26(13-15-27)16-23(28)25(6)22-10-8-7-9-11-22/h7-11H,12-16H2,1-6H3. The van der Waals surface area contributed by atoms with Crippen molar-refractivity contribution in [2.45, 2.75) is 39.5 Å². The number of amides is 1. The van der Waals surface area contributed by atoms with Gasteiger partial charge >= 0.3 is 0 Å². The van der Waals surface area contributed by atoms with Crippen molar-refractivity contribution >= 4 is 21.6 Å². The molecule has 0 atom stereocenters. The van der Waals surface area contributed by atoms with Crippen LogP contribution < -0.4 is 4.90 Å². The van der Waals surface area contributed by atoms with Gasteiger partial charge in [-0.1, -0.05) is 18.2 Å². The highest BCUT2D eigenvalue weighted by Gasteiger charge is 2.33. The van der Waals surface area contributed by atoms with Crippen LogP contribution in [0.25, 0.3) is 0 Å². The van der Waals surface area contributed by atoms with E-state index in [-0.39, 0.29) is 12.5 Å². The van der Waals surface area contributed by atoms with Gasteiger partial charge in [-0.05, 0) is 74.6 Å². The quantitative estimate of drug-likeness (QED) is 0.712. The molecule has 0 N–H and O–H groups in total. The van der Waals surface area contributed by atoms with Gasteiger partial charge in [-0.2, -0.15) is 4.31 Å². The minimum absolute atomic E-state index is 0.000944. The summed E-state index contributed by atoms with van der Waals surface area (Å²) < 4.78 is 28.6. The lowest BCUT2D eigenvalue weighted by molar-refractivity contribution is -0.119. The normalized spacial score (nSPS) is 15.8. The van der Waals surface area contributed by atoms with Crippen molar-refractivity contribution in [2.24, 2.45) is 0 Å². The number of hydrogen-bond acceptors (Lipinski definition) is 4. The van der Waals surface area contributed by atoms with E-state index in [0.29, 0.717) is 31.1 Å². The molecule has 0 saturated carbocycles. The highest BCUT2D eigenvalue weighted by molar-refractivity contribution is 7.89. The minimum atomic E-state index is -3.59. The second-order valence-electron chi connectivity index (χ2n) is 8.42. The molecule has 3 rings (SSSR count). The van der Waals surface area contributed by atoms with Crippen LogP contribution in [-0.4, -0.2) is 63.3 Å². The number of likely N-dealkylation sites (N-methyl/N-ethyl adjacent to an activating group) is 1. The van der Waals surface area contributed by atoms with Crippen molar-refractivity contribution in [1.29, 1.82) is 0 Å². The van der Waals surface area contributed by atoms with Crippen molar-refractivity contribution in [3.63, 3.8) is 0 Å². The van der Waals surface area contributed by atoms with Gasteiger partial charge in [0.15, 0.2) is 0 Å². The van der Waals surface area contributed by atoms with Crippen LogP contribution in [0.5, 0.6) is 0 Å². The van der Waals surface area contributed by atoms with Crippen LogP contribution in [0, 0.1) is 34.6 Å². The predicted molar refractivity (Wildman–Crippen MR) is 125 cm³/mol. The minimum Gasteiger partial charge on any atom is -0.314 e. The van der Waals surface area contributed by atoms with Gasteiger partial charge in [0.2, 0.25) is 15.9 Å². The molecule has 0 radical (unpaired) electrons. The summed E-state index contributed by atoms with van der Waals surface area (Å²) in [7, 11) is -1.82. The molecule has 168 valence electrons. The predicted octanol–water partition coefficient (Wildman–Crippen LogP) is 3.20. The zero-order valence-electron chi connectivity index (χ0n) is 19.4. The number of para-hydroxylation sites is 1. The first-order chi connectivity index (χ1) is 14.6. The Kier molecular flexibility index (Phi) is 6.88. The third kappa shape index (κ3) is 4.54. The maximum absolute atomic E-state index is 13.5.